The third-order valence-corrected chi connectivity index (χ3v) is 4.04. The minimum atomic E-state index is -0.871. The zero-order valence-corrected chi connectivity index (χ0v) is 12.8. The van der Waals surface area contributed by atoms with Crippen LogP contribution in [0.15, 0.2) is 24.3 Å². The molecule has 1 atom stereocenters. The number of nitrogens with zero attached hydrogens (tertiary/aromatic N) is 1. The Morgan fingerprint density at radius 3 is 2.52 bits per heavy atom. The summed E-state index contributed by atoms with van der Waals surface area (Å²) >= 11 is 0. The lowest BCUT2D eigenvalue weighted by Crippen LogP contribution is -2.36. The number of carbonyl (C=O) groups is 1. The van der Waals surface area contributed by atoms with Crippen molar-refractivity contribution < 1.29 is 9.90 Å². The molecule has 1 aromatic rings. The summed E-state index contributed by atoms with van der Waals surface area (Å²) < 4.78 is 0. The number of hydrogen-bond donors (Lipinski definition) is 2. The molecule has 0 radical (unpaired) electrons. The van der Waals surface area contributed by atoms with Crippen LogP contribution in [-0.2, 0) is 6.54 Å². The summed E-state index contributed by atoms with van der Waals surface area (Å²) in [7, 11) is 0. The van der Waals surface area contributed by atoms with Gasteiger partial charge in [0.2, 0.25) is 0 Å². The van der Waals surface area contributed by atoms with E-state index in [1.165, 1.54) is 38.9 Å². The molecule has 2 rings (SSSR count). The van der Waals surface area contributed by atoms with Gasteiger partial charge in [0.25, 0.3) is 0 Å². The number of carboxylic acid groups (broad SMARTS) is 1. The van der Waals surface area contributed by atoms with Crippen molar-refractivity contribution in [3.8, 4) is 0 Å². The Morgan fingerprint density at radius 1 is 1.24 bits per heavy atom. The Kier molecular flexibility index (Phi) is 6.21. The first kappa shape index (κ1) is 16.0. The van der Waals surface area contributed by atoms with Gasteiger partial charge in [-0.25, -0.2) is 4.79 Å². The lowest BCUT2D eigenvalue weighted by atomic mass is 10.1. The summed E-state index contributed by atoms with van der Waals surface area (Å²) in [4.78, 5) is 13.4. The van der Waals surface area contributed by atoms with Gasteiger partial charge in [-0.15, -0.1) is 0 Å². The van der Waals surface area contributed by atoms with Gasteiger partial charge >= 0.3 is 5.97 Å². The lowest BCUT2D eigenvalue weighted by molar-refractivity contribution is 0.0697. The first-order valence-corrected chi connectivity index (χ1v) is 7.90. The van der Waals surface area contributed by atoms with Crippen molar-refractivity contribution >= 4 is 5.97 Å². The molecule has 1 fully saturated rings. The molecule has 1 aromatic carbocycles. The molecule has 2 N–H and O–H groups in total. The van der Waals surface area contributed by atoms with Crippen molar-refractivity contribution in [2.75, 3.05) is 26.2 Å². The monoisotopic (exact) mass is 290 g/mol. The second-order valence-corrected chi connectivity index (χ2v) is 6.10. The molecule has 21 heavy (non-hydrogen) atoms. The van der Waals surface area contributed by atoms with Crippen LogP contribution < -0.4 is 5.32 Å². The number of aromatic carboxylic acids is 1. The van der Waals surface area contributed by atoms with Crippen LogP contribution in [0.1, 0.15) is 42.1 Å². The highest BCUT2D eigenvalue weighted by molar-refractivity contribution is 5.87. The Labute approximate surface area is 127 Å². The van der Waals surface area contributed by atoms with E-state index in [0.29, 0.717) is 11.5 Å². The quantitative estimate of drug-likeness (QED) is 0.810. The molecule has 1 saturated heterocycles. The molecule has 0 amide bonds. The maximum Gasteiger partial charge on any atom is 0.335 e. The van der Waals surface area contributed by atoms with E-state index in [2.05, 4.69) is 17.1 Å². The minimum absolute atomic E-state index is 0.345. The summed E-state index contributed by atoms with van der Waals surface area (Å²) in [5.41, 5.74) is 1.47. The summed E-state index contributed by atoms with van der Waals surface area (Å²) in [5, 5.41) is 12.3. The number of rotatable bonds is 7. The highest BCUT2D eigenvalue weighted by Gasteiger charge is 2.13. The van der Waals surface area contributed by atoms with Gasteiger partial charge in [0.15, 0.2) is 0 Å². The third-order valence-electron chi connectivity index (χ3n) is 4.04. The molecule has 1 aliphatic heterocycles. The molecule has 116 valence electrons. The van der Waals surface area contributed by atoms with Gasteiger partial charge < -0.3 is 15.3 Å². The Balaban J connectivity index is 1.67. The second-order valence-electron chi connectivity index (χ2n) is 6.10. The maximum atomic E-state index is 10.8. The zero-order valence-electron chi connectivity index (χ0n) is 12.8. The summed E-state index contributed by atoms with van der Waals surface area (Å²) in [6, 6.07) is 7.09. The molecule has 1 heterocycles. The number of piperidine rings is 1. The van der Waals surface area contributed by atoms with Crippen LogP contribution >= 0.6 is 0 Å². The predicted molar refractivity (Wildman–Crippen MR) is 84.6 cm³/mol. The molecule has 4 heteroatoms. The van der Waals surface area contributed by atoms with Gasteiger partial charge in [-0.05, 0) is 56.1 Å². The Hall–Kier alpha value is -1.39. The lowest BCUT2D eigenvalue weighted by Gasteiger charge is -2.29. The molecular weight excluding hydrogens is 264 g/mol. The van der Waals surface area contributed by atoms with E-state index >= 15 is 0 Å². The van der Waals surface area contributed by atoms with Crippen molar-refractivity contribution in [3.63, 3.8) is 0 Å². The summed E-state index contributed by atoms with van der Waals surface area (Å²) in [5.74, 6) is -0.231. The summed E-state index contributed by atoms with van der Waals surface area (Å²) in [6.45, 7) is 7.75. The third kappa shape index (κ3) is 5.48. The average molecular weight is 290 g/mol. The van der Waals surface area contributed by atoms with E-state index in [1.807, 2.05) is 12.1 Å². The van der Waals surface area contributed by atoms with Crippen molar-refractivity contribution in [1.82, 2.24) is 10.2 Å². The number of nitrogens with one attached hydrogen (secondary N) is 1. The van der Waals surface area contributed by atoms with E-state index in [0.717, 1.165) is 18.7 Å². The predicted octanol–water partition coefficient (Wildman–Crippen LogP) is 2.60. The topological polar surface area (TPSA) is 52.6 Å². The first-order chi connectivity index (χ1) is 10.1. The molecule has 0 aromatic heterocycles. The number of hydrogen-bond acceptors (Lipinski definition) is 3. The normalized spacial score (nSPS) is 17.6. The van der Waals surface area contributed by atoms with E-state index in [1.54, 1.807) is 12.1 Å². The molecule has 0 saturated carbocycles. The minimum Gasteiger partial charge on any atom is -0.478 e. The summed E-state index contributed by atoms with van der Waals surface area (Å²) in [6.07, 6.45) is 4.07. The first-order valence-electron chi connectivity index (χ1n) is 7.90. The molecule has 0 spiro atoms. The van der Waals surface area contributed by atoms with E-state index in [9.17, 15) is 4.79 Å². The van der Waals surface area contributed by atoms with Crippen LogP contribution in [0.5, 0.6) is 0 Å². The van der Waals surface area contributed by atoms with Gasteiger partial charge in [0, 0.05) is 13.1 Å². The SMILES string of the molecule is CC(CNCc1ccc(C(=O)O)cc1)CN1CCCCC1. The standard InChI is InChI=1S/C17H26N2O2/c1-14(13-19-9-3-2-4-10-19)11-18-12-15-5-7-16(8-6-15)17(20)21/h5-8,14,18H,2-4,9-13H2,1H3,(H,20,21). The van der Waals surface area contributed by atoms with Gasteiger partial charge in [0.05, 0.1) is 5.56 Å². The van der Waals surface area contributed by atoms with Crippen molar-refractivity contribution in [2.24, 2.45) is 5.92 Å². The molecule has 0 aliphatic carbocycles. The smallest absolute Gasteiger partial charge is 0.335 e. The fourth-order valence-corrected chi connectivity index (χ4v) is 2.88. The van der Waals surface area contributed by atoms with Crippen LogP contribution in [0.2, 0.25) is 0 Å². The van der Waals surface area contributed by atoms with Crippen LogP contribution in [0.4, 0.5) is 0 Å². The van der Waals surface area contributed by atoms with Crippen LogP contribution in [0, 0.1) is 5.92 Å². The van der Waals surface area contributed by atoms with Crippen molar-refractivity contribution in [2.45, 2.75) is 32.7 Å². The fraction of sp³-hybridized carbons (Fsp3) is 0.588. The highest BCUT2D eigenvalue weighted by atomic mass is 16.4. The van der Waals surface area contributed by atoms with E-state index in [4.69, 9.17) is 5.11 Å². The van der Waals surface area contributed by atoms with Crippen molar-refractivity contribution in [1.29, 1.82) is 0 Å². The molecule has 1 unspecified atom stereocenters. The Morgan fingerprint density at radius 2 is 1.90 bits per heavy atom. The molecule has 1 aliphatic rings. The van der Waals surface area contributed by atoms with Gasteiger partial charge in [-0.1, -0.05) is 25.5 Å². The Bertz CT molecular complexity index is 439. The van der Waals surface area contributed by atoms with Crippen molar-refractivity contribution in [3.05, 3.63) is 35.4 Å². The molecule has 0 bridgehead atoms. The number of carboxylic acids is 1. The largest absolute Gasteiger partial charge is 0.478 e. The second kappa shape index (κ2) is 8.15. The van der Waals surface area contributed by atoms with Gasteiger partial charge in [-0.2, -0.15) is 0 Å². The van der Waals surface area contributed by atoms with E-state index < -0.39 is 5.97 Å². The fourth-order valence-electron chi connectivity index (χ4n) is 2.88. The van der Waals surface area contributed by atoms with Crippen LogP contribution in [-0.4, -0.2) is 42.2 Å². The molecule has 4 nitrogen and oxygen atoms in total. The van der Waals surface area contributed by atoms with Crippen LogP contribution in [0.25, 0.3) is 0 Å². The highest BCUT2D eigenvalue weighted by Crippen LogP contribution is 2.11. The average Bonchev–Trinajstić information content (AvgIpc) is 2.49. The number of benzene rings is 1. The molecular formula is C17H26N2O2. The maximum absolute atomic E-state index is 10.8. The number of likely N-dealkylation sites (tertiary alicyclic amines) is 1. The van der Waals surface area contributed by atoms with Gasteiger partial charge in [0.1, 0.15) is 0 Å². The van der Waals surface area contributed by atoms with Gasteiger partial charge in [-0.3, -0.25) is 0 Å². The van der Waals surface area contributed by atoms with E-state index in [-0.39, 0.29) is 0 Å². The van der Waals surface area contributed by atoms with Crippen LogP contribution in [0.3, 0.4) is 0 Å². The zero-order chi connectivity index (χ0) is 15.1.